The fourth-order valence-electron chi connectivity index (χ4n) is 0.107. The number of hydrogen-bond acceptors (Lipinski definition) is 2. The summed E-state index contributed by atoms with van der Waals surface area (Å²) in [5.41, 5.74) is 0. The third-order valence-corrected chi connectivity index (χ3v) is 1.25. The molecule has 0 saturated carbocycles. The van der Waals surface area contributed by atoms with E-state index in [2.05, 4.69) is 18.8 Å². The fourth-order valence-corrected chi connectivity index (χ4v) is 0.558. The highest BCUT2D eigenvalue weighted by Gasteiger charge is 1.67. The van der Waals surface area contributed by atoms with Crippen molar-refractivity contribution in [3.8, 4) is 0 Å². The monoisotopic (exact) mass is 118 g/mol. The molecule has 0 amide bonds. The molecule has 0 N–H and O–H groups in total. The van der Waals surface area contributed by atoms with Gasteiger partial charge < -0.3 is 0 Å². The summed E-state index contributed by atoms with van der Waals surface area (Å²) in [5, 5.41) is 3.47. The van der Waals surface area contributed by atoms with Crippen molar-refractivity contribution in [1.82, 2.24) is 0 Å². The van der Waals surface area contributed by atoms with E-state index in [0.717, 1.165) is 5.75 Å². The molecule has 0 radical (unpaired) electrons. The maximum atomic E-state index is 4.52. The number of thiocarbonyl (C=S) groups is 1. The summed E-state index contributed by atoms with van der Waals surface area (Å²) in [6.07, 6.45) is 0. The molecule has 0 nitrogen and oxygen atoms in total. The van der Waals surface area contributed by atoms with Crippen molar-refractivity contribution < 1.29 is 0 Å². The minimum absolute atomic E-state index is 0.902. The van der Waals surface area contributed by atoms with Gasteiger partial charge in [0, 0.05) is 5.75 Å². The van der Waals surface area contributed by atoms with Crippen molar-refractivity contribution in [2.24, 2.45) is 0 Å². The molecule has 0 aliphatic carbocycles. The molecule has 34 valence electrons. The van der Waals surface area contributed by atoms with Crippen LogP contribution in [0.4, 0.5) is 0 Å². The summed E-state index contributed by atoms with van der Waals surface area (Å²) in [7, 11) is 0. The van der Waals surface area contributed by atoms with Crippen molar-refractivity contribution in [3.63, 3.8) is 0 Å². The lowest BCUT2D eigenvalue weighted by Gasteiger charge is -1.75. The summed E-state index contributed by atoms with van der Waals surface area (Å²) in [4.78, 5) is 0. The molecule has 0 aliphatic heterocycles. The van der Waals surface area contributed by atoms with Gasteiger partial charge in [-0.25, -0.2) is 0 Å². The van der Waals surface area contributed by atoms with Crippen LogP contribution in [0.2, 0.25) is 0 Å². The maximum Gasteiger partial charge on any atom is 0.0259 e. The van der Waals surface area contributed by atoms with E-state index in [-0.39, 0.29) is 0 Å². The Hall–Kier alpha value is 0.180. The molecular formula is C4H6S2. The van der Waals surface area contributed by atoms with Gasteiger partial charge in [0.15, 0.2) is 0 Å². The molecule has 0 unspecified atom stereocenters. The first-order valence-corrected chi connectivity index (χ1v) is 3.10. The molecule has 0 aromatic carbocycles. The molecule has 0 aromatic rings. The Bertz CT molecular complexity index is 41.5. The van der Waals surface area contributed by atoms with E-state index in [4.69, 9.17) is 0 Å². The quantitative estimate of drug-likeness (QED) is 0.410. The van der Waals surface area contributed by atoms with Crippen LogP contribution in [-0.4, -0.2) is 11.1 Å². The second kappa shape index (κ2) is 5.18. The highest BCUT2D eigenvalue weighted by molar-refractivity contribution is 8.03. The second-order valence-corrected chi connectivity index (χ2v) is 2.00. The Morgan fingerprint density at radius 2 is 2.50 bits per heavy atom. The third-order valence-electron chi connectivity index (χ3n) is 0.282. The van der Waals surface area contributed by atoms with Gasteiger partial charge in [0.05, 0.1) is 0 Å². The number of hydrogen-bond donors (Lipinski definition) is 0. The van der Waals surface area contributed by atoms with Crippen molar-refractivity contribution in [1.29, 1.82) is 0 Å². The van der Waals surface area contributed by atoms with Gasteiger partial charge in [-0.05, 0) is 10.8 Å². The van der Waals surface area contributed by atoms with Crippen LogP contribution >= 0.6 is 24.0 Å². The molecule has 0 bridgehead atoms. The average Bonchev–Trinajstić information content (AvgIpc) is 1.61. The number of thioether (sulfide) groups is 1. The smallest absolute Gasteiger partial charge is 0.0259 e. The molecule has 0 spiro atoms. The van der Waals surface area contributed by atoms with Crippen molar-refractivity contribution in [2.75, 3.05) is 5.75 Å². The van der Waals surface area contributed by atoms with Gasteiger partial charge in [0.2, 0.25) is 0 Å². The fraction of sp³-hybridized carbons (Fsp3) is 0.250. The van der Waals surface area contributed by atoms with Crippen molar-refractivity contribution in [3.05, 3.63) is 12.0 Å². The highest BCUT2D eigenvalue weighted by Crippen LogP contribution is 1.94. The standard InChI is InChI=1S/C4H6S2/c1-2-6-4-3-5/h2-3H,1,4H2. The van der Waals surface area contributed by atoms with E-state index >= 15 is 0 Å². The molecule has 0 fully saturated rings. The Balaban J connectivity index is 2.66. The van der Waals surface area contributed by atoms with Crippen LogP contribution < -0.4 is 0 Å². The van der Waals surface area contributed by atoms with E-state index in [0.29, 0.717) is 0 Å². The Morgan fingerprint density at radius 1 is 1.83 bits per heavy atom. The Labute approximate surface area is 47.6 Å². The van der Waals surface area contributed by atoms with Crippen molar-refractivity contribution in [2.45, 2.75) is 0 Å². The van der Waals surface area contributed by atoms with Crippen LogP contribution in [0.15, 0.2) is 12.0 Å². The maximum absolute atomic E-state index is 4.52. The molecule has 0 heterocycles. The lowest BCUT2D eigenvalue weighted by Crippen LogP contribution is -1.66. The molecule has 0 aromatic heterocycles. The second-order valence-electron chi connectivity index (χ2n) is 0.667. The summed E-state index contributed by atoms with van der Waals surface area (Å²) < 4.78 is 0. The molecular weight excluding hydrogens is 112 g/mol. The predicted octanol–water partition coefficient (Wildman–Crippen LogP) is 1.86. The van der Waals surface area contributed by atoms with Gasteiger partial charge in [-0.15, -0.1) is 11.8 Å². The lowest BCUT2D eigenvalue weighted by atomic mass is 11.0. The average molecular weight is 118 g/mol. The van der Waals surface area contributed by atoms with Crippen LogP contribution in [0.1, 0.15) is 0 Å². The summed E-state index contributed by atoms with van der Waals surface area (Å²) >= 11 is 6.14. The molecule has 6 heavy (non-hydrogen) atoms. The summed E-state index contributed by atoms with van der Waals surface area (Å²) in [5.74, 6) is 0.902. The van der Waals surface area contributed by atoms with Gasteiger partial charge in [0.25, 0.3) is 0 Å². The minimum Gasteiger partial charge on any atom is -0.130 e. The van der Waals surface area contributed by atoms with Crippen molar-refractivity contribution >= 4 is 29.3 Å². The van der Waals surface area contributed by atoms with E-state index in [1.807, 2.05) is 0 Å². The zero-order valence-electron chi connectivity index (χ0n) is 3.39. The van der Waals surface area contributed by atoms with Crippen LogP contribution in [0.25, 0.3) is 0 Å². The normalized spacial score (nSPS) is 7.33. The zero-order chi connectivity index (χ0) is 4.83. The van der Waals surface area contributed by atoms with E-state index in [1.54, 1.807) is 22.5 Å². The first-order chi connectivity index (χ1) is 2.91. The molecule has 2 heteroatoms. The van der Waals surface area contributed by atoms with Crippen LogP contribution in [0.3, 0.4) is 0 Å². The van der Waals surface area contributed by atoms with Crippen LogP contribution in [-0.2, 0) is 0 Å². The van der Waals surface area contributed by atoms with Gasteiger partial charge in [-0.2, -0.15) is 0 Å². The highest BCUT2D eigenvalue weighted by atomic mass is 32.2. The van der Waals surface area contributed by atoms with Gasteiger partial charge in [-0.3, -0.25) is 0 Å². The van der Waals surface area contributed by atoms with E-state index < -0.39 is 0 Å². The molecule has 0 atom stereocenters. The largest absolute Gasteiger partial charge is 0.130 e. The number of rotatable bonds is 3. The summed E-state index contributed by atoms with van der Waals surface area (Å²) in [6.45, 7) is 3.49. The zero-order valence-corrected chi connectivity index (χ0v) is 5.02. The van der Waals surface area contributed by atoms with Crippen LogP contribution in [0.5, 0.6) is 0 Å². The van der Waals surface area contributed by atoms with Crippen LogP contribution in [0, 0.1) is 0 Å². The first kappa shape index (κ1) is 6.18. The Kier molecular flexibility index (Phi) is 5.34. The topological polar surface area (TPSA) is 0 Å². The predicted molar refractivity (Wildman–Crippen MR) is 36.3 cm³/mol. The third kappa shape index (κ3) is 4.18. The minimum atomic E-state index is 0.902. The molecule has 0 aliphatic rings. The van der Waals surface area contributed by atoms with Gasteiger partial charge in [-0.1, -0.05) is 18.8 Å². The van der Waals surface area contributed by atoms with Gasteiger partial charge >= 0.3 is 0 Å². The first-order valence-electron chi connectivity index (χ1n) is 1.58. The van der Waals surface area contributed by atoms with Gasteiger partial charge in [0.1, 0.15) is 0 Å². The Morgan fingerprint density at radius 3 is 2.67 bits per heavy atom. The molecule has 0 saturated heterocycles. The van der Waals surface area contributed by atoms with E-state index in [1.165, 1.54) is 0 Å². The SMILES string of the molecule is C=CSCC=S. The molecule has 0 rings (SSSR count). The van der Waals surface area contributed by atoms with E-state index in [9.17, 15) is 0 Å². The summed E-state index contributed by atoms with van der Waals surface area (Å²) in [6, 6.07) is 0. The lowest BCUT2D eigenvalue weighted by molar-refractivity contribution is 2.16.